The van der Waals surface area contributed by atoms with Crippen molar-refractivity contribution in [3.8, 4) is 0 Å². The molecule has 1 aromatic heterocycles. The van der Waals surface area contributed by atoms with Crippen LogP contribution >= 0.6 is 23.2 Å². The van der Waals surface area contributed by atoms with Crippen molar-refractivity contribution in [3.05, 3.63) is 33.9 Å². The van der Waals surface area contributed by atoms with Gasteiger partial charge in [-0.3, -0.25) is 0 Å². The number of nitrogen functional groups attached to an aromatic ring is 1. The van der Waals surface area contributed by atoms with Crippen molar-refractivity contribution in [2.24, 2.45) is 0 Å². The van der Waals surface area contributed by atoms with Crippen LogP contribution in [0.5, 0.6) is 0 Å². The number of nitrogens with one attached hydrogen (secondary N) is 1. The summed E-state index contributed by atoms with van der Waals surface area (Å²) in [6.07, 6.45) is 0.619. The molecule has 0 bridgehead atoms. The zero-order chi connectivity index (χ0) is 13.1. The Hall–Kier alpha value is -1.46. The quantitative estimate of drug-likeness (QED) is 0.845. The van der Waals surface area contributed by atoms with E-state index in [1.54, 1.807) is 19.1 Å². The van der Waals surface area contributed by atoms with Crippen molar-refractivity contribution in [1.82, 2.24) is 10.1 Å². The van der Waals surface area contributed by atoms with Gasteiger partial charge >= 0.3 is 0 Å². The predicted molar refractivity (Wildman–Crippen MR) is 72.1 cm³/mol. The maximum Gasteiger partial charge on any atom is 0.223 e. The van der Waals surface area contributed by atoms with Crippen LogP contribution in [0.3, 0.4) is 0 Å². The van der Waals surface area contributed by atoms with Crippen LogP contribution in [0.2, 0.25) is 10.0 Å². The summed E-state index contributed by atoms with van der Waals surface area (Å²) in [5.41, 5.74) is 6.81. The third-order valence-electron chi connectivity index (χ3n) is 2.28. The van der Waals surface area contributed by atoms with Gasteiger partial charge in [0.15, 0.2) is 5.82 Å². The maximum atomic E-state index is 6.04. The number of rotatable bonds is 4. The van der Waals surface area contributed by atoms with E-state index >= 15 is 0 Å². The Labute approximate surface area is 114 Å². The molecule has 96 valence electrons. The number of aryl methyl sites for hydroxylation is 1. The van der Waals surface area contributed by atoms with Crippen LogP contribution in [-0.4, -0.2) is 16.7 Å². The largest absolute Gasteiger partial charge is 0.399 e. The average molecular weight is 287 g/mol. The zero-order valence-corrected chi connectivity index (χ0v) is 11.2. The van der Waals surface area contributed by atoms with E-state index in [0.717, 1.165) is 0 Å². The first kappa shape index (κ1) is 13.0. The number of hydrogen-bond acceptors (Lipinski definition) is 5. The summed E-state index contributed by atoms with van der Waals surface area (Å²) in [6.45, 7) is 2.35. The number of hydrogen-bond donors (Lipinski definition) is 2. The van der Waals surface area contributed by atoms with Gasteiger partial charge in [0.1, 0.15) is 0 Å². The molecule has 5 nitrogen and oxygen atoms in total. The van der Waals surface area contributed by atoms with Gasteiger partial charge in [-0.05, 0) is 12.1 Å². The molecule has 3 N–H and O–H groups in total. The fraction of sp³-hybridized carbons (Fsp3) is 0.273. The molecule has 0 aliphatic rings. The Morgan fingerprint density at radius 1 is 1.33 bits per heavy atom. The number of aromatic nitrogens is 2. The van der Waals surface area contributed by atoms with Crippen LogP contribution in [0.1, 0.15) is 11.7 Å². The highest BCUT2D eigenvalue weighted by atomic mass is 35.5. The number of anilines is 2. The Balaban J connectivity index is 1.98. The topological polar surface area (TPSA) is 77.0 Å². The van der Waals surface area contributed by atoms with E-state index in [1.807, 2.05) is 0 Å². The number of nitrogens with zero attached hydrogens (tertiary/aromatic N) is 2. The molecule has 1 heterocycles. The summed E-state index contributed by atoms with van der Waals surface area (Å²) in [5, 5.41) is 7.90. The minimum absolute atomic E-state index is 0.490. The lowest BCUT2D eigenvalue weighted by Gasteiger charge is -2.10. The van der Waals surface area contributed by atoms with Crippen LogP contribution in [0.25, 0.3) is 0 Å². The molecule has 0 saturated heterocycles. The maximum absolute atomic E-state index is 6.04. The number of nitrogens with two attached hydrogens (primary N) is 1. The lowest BCUT2D eigenvalue weighted by atomic mass is 10.2. The molecule has 0 aliphatic heterocycles. The van der Waals surface area contributed by atoms with Gasteiger partial charge in [-0.2, -0.15) is 4.98 Å². The first-order valence-corrected chi connectivity index (χ1v) is 6.09. The van der Waals surface area contributed by atoms with Gasteiger partial charge in [0.2, 0.25) is 5.89 Å². The van der Waals surface area contributed by atoms with Crippen molar-refractivity contribution in [3.63, 3.8) is 0 Å². The smallest absolute Gasteiger partial charge is 0.223 e. The summed E-state index contributed by atoms with van der Waals surface area (Å²) >= 11 is 12.1. The van der Waals surface area contributed by atoms with Gasteiger partial charge in [0.05, 0.1) is 15.7 Å². The molecule has 0 aliphatic carbocycles. The Kier molecular flexibility index (Phi) is 3.93. The van der Waals surface area contributed by atoms with Crippen LogP contribution < -0.4 is 11.1 Å². The lowest BCUT2D eigenvalue weighted by molar-refractivity contribution is 0.387. The van der Waals surface area contributed by atoms with Crippen LogP contribution in [0.15, 0.2) is 16.7 Å². The first-order chi connectivity index (χ1) is 8.56. The third kappa shape index (κ3) is 3.05. The van der Waals surface area contributed by atoms with Gasteiger partial charge in [0.25, 0.3) is 0 Å². The van der Waals surface area contributed by atoms with Gasteiger partial charge < -0.3 is 15.6 Å². The Bertz CT molecular complexity index is 533. The second-order valence-electron chi connectivity index (χ2n) is 3.77. The molecule has 0 unspecified atom stereocenters. The molecule has 0 atom stereocenters. The molecule has 18 heavy (non-hydrogen) atoms. The summed E-state index contributed by atoms with van der Waals surface area (Å²) < 4.78 is 4.87. The first-order valence-electron chi connectivity index (χ1n) is 5.34. The highest BCUT2D eigenvalue weighted by Crippen LogP contribution is 2.32. The fourth-order valence-corrected chi connectivity index (χ4v) is 2.14. The van der Waals surface area contributed by atoms with E-state index in [1.165, 1.54) is 0 Å². The molecule has 1 aromatic carbocycles. The molecule has 0 radical (unpaired) electrons. The predicted octanol–water partition coefficient (Wildman–Crippen LogP) is 2.92. The highest BCUT2D eigenvalue weighted by Gasteiger charge is 2.08. The second kappa shape index (κ2) is 5.46. The second-order valence-corrected chi connectivity index (χ2v) is 4.58. The summed E-state index contributed by atoms with van der Waals surface area (Å²) in [6, 6.07) is 3.29. The van der Waals surface area contributed by atoms with E-state index in [0.29, 0.717) is 46.1 Å². The van der Waals surface area contributed by atoms with Crippen LogP contribution in [0, 0.1) is 6.92 Å². The molecule has 2 rings (SSSR count). The molecule has 0 amide bonds. The lowest BCUT2D eigenvalue weighted by Crippen LogP contribution is -2.07. The van der Waals surface area contributed by atoms with Crippen molar-refractivity contribution in [2.75, 3.05) is 17.6 Å². The molecule has 7 heteroatoms. The van der Waals surface area contributed by atoms with Crippen LogP contribution in [0.4, 0.5) is 11.4 Å². The van der Waals surface area contributed by atoms with Crippen molar-refractivity contribution < 1.29 is 4.52 Å². The van der Waals surface area contributed by atoms with Gasteiger partial charge in [0, 0.05) is 25.6 Å². The van der Waals surface area contributed by atoms with Crippen LogP contribution in [-0.2, 0) is 6.42 Å². The third-order valence-corrected chi connectivity index (χ3v) is 2.88. The van der Waals surface area contributed by atoms with Gasteiger partial charge in [-0.15, -0.1) is 0 Å². The minimum atomic E-state index is 0.490. The SMILES string of the molecule is Cc1nc(CCNc2c(Cl)cc(N)cc2Cl)no1. The molecule has 0 saturated carbocycles. The van der Waals surface area contributed by atoms with Gasteiger partial charge in [-0.1, -0.05) is 28.4 Å². The summed E-state index contributed by atoms with van der Waals surface area (Å²) in [4.78, 5) is 4.10. The average Bonchev–Trinajstić information content (AvgIpc) is 2.68. The Morgan fingerprint density at radius 3 is 2.56 bits per heavy atom. The normalized spacial score (nSPS) is 10.6. The standard InChI is InChI=1S/C11H12Cl2N4O/c1-6-16-10(17-18-6)2-3-15-11-8(12)4-7(14)5-9(11)13/h4-5,15H,2-3,14H2,1H3. The molecule has 0 spiro atoms. The zero-order valence-electron chi connectivity index (χ0n) is 9.70. The minimum Gasteiger partial charge on any atom is -0.399 e. The molecule has 0 fully saturated rings. The van der Waals surface area contributed by atoms with E-state index in [4.69, 9.17) is 33.5 Å². The van der Waals surface area contributed by atoms with Gasteiger partial charge in [-0.25, -0.2) is 0 Å². The van der Waals surface area contributed by atoms with E-state index in [-0.39, 0.29) is 0 Å². The molecular weight excluding hydrogens is 275 g/mol. The number of benzene rings is 1. The van der Waals surface area contributed by atoms with Crippen molar-refractivity contribution >= 4 is 34.6 Å². The highest BCUT2D eigenvalue weighted by molar-refractivity contribution is 6.39. The van der Waals surface area contributed by atoms with E-state index < -0.39 is 0 Å². The fourth-order valence-electron chi connectivity index (χ4n) is 1.50. The van der Waals surface area contributed by atoms with Crippen molar-refractivity contribution in [1.29, 1.82) is 0 Å². The summed E-state index contributed by atoms with van der Waals surface area (Å²) in [7, 11) is 0. The Morgan fingerprint density at radius 2 is 2.00 bits per heavy atom. The molecular formula is C11H12Cl2N4O. The van der Waals surface area contributed by atoms with E-state index in [9.17, 15) is 0 Å². The number of halogens is 2. The molecule has 2 aromatic rings. The monoisotopic (exact) mass is 286 g/mol. The van der Waals surface area contributed by atoms with E-state index in [2.05, 4.69) is 15.5 Å². The van der Waals surface area contributed by atoms with Crippen molar-refractivity contribution in [2.45, 2.75) is 13.3 Å². The summed E-state index contributed by atoms with van der Waals surface area (Å²) in [5.74, 6) is 1.19.